The Hall–Kier alpha value is -1.56. The van der Waals surface area contributed by atoms with E-state index in [0.29, 0.717) is 11.3 Å². The van der Waals surface area contributed by atoms with Gasteiger partial charge in [0, 0.05) is 15.7 Å². The first-order valence-electron chi connectivity index (χ1n) is 6.16. The molecule has 1 nitrogen and oxygen atoms in total. The lowest BCUT2D eigenvalue weighted by molar-refractivity contribution is -0.137. The van der Waals surface area contributed by atoms with Gasteiger partial charge in [-0.1, -0.05) is 18.2 Å². The molecule has 2 aromatic carbocycles. The van der Waals surface area contributed by atoms with Crippen molar-refractivity contribution < 1.29 is 17.6 Å². The van der Waals surface area contributed by atoms with Crippen molar-refractivity contribution in [3.63, 3.8) is 0 Å². The molecule has 0 saturated carbocycles. The summed E-state index contributed by atoms with van der Waals surface area (Å²) in [7, 11) is 0. The van der Waals surface area contributed by atoms with Crippen molar-refractivity contribution in [1.82, 2.24) is 0 Å². The molecule has 0 amide bonds. The van der Waals surface area contributed by atoms with E-state index in [1.807, 2.05) is 0 Å². The Morgan fingerprint density at radius 3 is 2.33 bits per heavy atom. The molecular formula is C15H12BrF4N. The Morgan fingerprint density at radius 1 is 1.10 bits per heavy atom. The van der Waals surface area contributed by atoms with Gasteiger partial charge in [0.25, 0.3) is 0 Å². The van der Waals surface area contributed by atoms with Crippen LogP contribution in [0.25, 0.3) is 0 Å². The van der Waals surface area contributed by atoms with E-state index < -0.39 is 11.7 Å². The molecule has 0 radical (unpaired) electrons. The molecule has 0 bridgehead atoms. The van der Waals surface area contributed by atoms with Gasteiger partial charge < -0.3 is 5.32 Å². The molecule has 112 valence electrons. The van der Waals surface area contributed by atoms with Crippen LogP contribution < -0.4 is 5.32 Å². The topological polar surface area (TPSA) is 12.0 Å². The molecule has 21 heavy (non-hydrogen) atoms. The third-order valence-corrected chi connectivity index (χ3v) is 3.70. The van der Waals surface area contributed by atoms with Gasteiger partial charge in [0.1, 0.15) is 5.82 Å². The standard InChI is InChI=1S/C15H12BrF4N/c1-9(11-4-2-3-5-13(11)17)21-14-7-6-10(8-12(14)16)15(18,19)20/h2-9,21H,1H3. The highest BCUT2D eigenvalue weighted by Crippen LogP contribution is 2.35. The summed E-state index contributed by atoms with van der Waals surface area (Å²) in [5, 5.41) is 2.99. The number of anilines is 1. The monoisotopic (exact) mass is 361 g/mol. The highest BCUT2D eigenvalue weighted by molar-refractivity contribution is 9.10. The minimum atomic E-state index is -4.39. The normalized spacial score (nSPS) is 13.0. The van der Waals surface area contributed by atoms with Crippen LogP contribution in [0.5, 0.6) is 0 Å². The highest BCUT2D eigenvalue weighted by Gasteiger charge is 2.30. The van der Waals surface area contributed by atoms with Crippen molar-refractivity contribution in [3.05, 3.63) is 63.9 Å². The van der Waals surface area contributed by atoms with Crippen molar-refractivity contribution in [3.8, 4) is 0 Å². The predicted molar refractivity (Wildman–Crippen MR) is 77.6 cm³/mol. The Morgan fingerprint density at radius 2 is 1.76 bits per heavy atom. The summed E-state index contributed by atoms with van der Waals surface area (Å²) in [5.74, 6) is -0.361. The van der Waals surface area contributed by atoms with Crippen LogP contribution in [0.3, 0.4) is 0 Å². The fraction of sp³-hybridized carbons (Fsp3) is 0.200. The highest BCUT2D eigenvalue weighted by atomic mass is 79.9. The molecule has 0 heterocycles. The molecule has 2 aromatic rings. The van der Waals surface area contributed by atoms with Crippen LogP contribution in [0.1, 0.15) is 24.1 Å². The molecule has 2 rings (SSSR count). The van der Waals surface area contributed by atoms with Gasteiger partial charge in [-0.3, -0.25) is 0 Å². The lowest BCUT2D eigenvalue weighted by atomic mass is 10.1. The zero-order chi connectivity index (χ0) is 15.6. The van der Waals surface area contributed by atoms with Gasteiger partial charge in [0.2, 0.25) is 0 Å². The first kappa shape index (κ1) is 15.8. The molecule has 0 spiro atoms. The van der Waals surface area contributed by atoms with E-state index in [1.54, 1.807) is 25.1 Å². The summed E-state index contributed by atoms with van der Waals surface area (Å²) >= 11 is 3.10. The van der Waals surface area contributed by atoms with Crippen LogP contribution in [0.4, 0.5) is 23.2 Å². The number of hydrogen-bond donors (Lipinski definition) is 1. The number of nitrogens with one attached hydrogen (secondary N) is 1. The third kappa shape index (κ3) is 3.75. The van der Waals surface area contributed by atoms with Crippen LogP contribution >= 0.6 is 15.9 Å². The van der Waals surface area contributed by atoms with Crippen LogP contribution in [0, 0.1) is 5.82 Å². The second-order valence-corrected chi connectivity index (χ2v) is 5.43. The van der Waals surface area contributed by atoms with E-state index in [4.69, 9.17) is 0 Å². The third-order valence-electron chi connectivity index (χ3n) is 3.04. The summed E-state index contributed by atoms with van der Waals surface area (Å²) in [6, 6.07) is 9.19. The Bertz CT molecular complexity index is 640. The first-order chi connectivity index (χ1) is 9.79. The molecule has 1 N–H and O–H groups in total. The molecule has 0 aliphatic rings. The molecular weight excluding hydrogens is 350 g/mol. The summed E-state index contributed by atoms with van der Waals surface area (Å²) < 4.78 is 51.7. The van der Waals surface area contributed by atoms with Crippen molar-refractivity contribution >= 4 is 21.6 Å². The van der Waals surface area contributed by atoms with E-state index in [2.05, 4.69) is 21.2 Å². The first-order valence-corrected chi connectivity index (χ1v) is 6.96. The van der Waals surface area contributed by atoms with Gasteiger partial charge in [-0.05, 0) is 47.1 Å². The molecule has 0 aliphatic carbocycles. The zero-order valence-corrected chi connectivity index (χ0v) is 12.6. The fourth-order valence-corrected chi connectivity index (χ4v) is 2.44. The van der Waals surface area contributed by atoms with Crippen LogP contribution in [0.15, 0.2) is 46.9 Å². The molecule has 0 saturated heterocycles. The molecule has 1 unspecified atom stereocenters. The van der Waals surface area contributed by atoms with Gasteiger partial charge in [-0.2, -0.15) is 13.2 Å². The summed E-state index contributed by atoms with van der Waals surface area (Å²) in [6.07, 6.45) is -4.39. The quantitative estimate of drug-likeness (QED) is 0.683. The number of benzene rings is 2. The number of rotatable bonds is 3. The van der Waals surface area contributed by atoms with E-state index in [9.17, 15) is 17.6 Å². The van der Waals surface area contributed by atoms with Crippen LogP contribution in [0.2, 0.25) is 0 Å². The second kappa shape index (κ2) is 6.05. The summed E-state index contributed by atoms with van der Waals surface area (Å²) in [4.78, 5) is 0. The van der Waals surface area contributed by atoms with Crippen molar-refractivity contribution in [1.29, 1.82) is 0 Å². The summed E-state index contributed by atoms with van der Waals surface area (Å²) in [6.45, 7) is 1.74. The molecule has 0 aromatic heterocycles. The lowest BCUT2D eigenvalue weighted by Gasteiger charge is -2.18. The minimum absolute atomic E-state index is 0.278. The number of hydrogen-bond acceptors (Lipinski definition) is 1. The van der Waals surface area contributed by atoms with Crippen molar-refractivity contribution in [2.45, 2.75) is 19.1 Å². The molecule has 0 fully saturated rings. The van der Waals surface area contributed by atoms with Crippen LogP contribution in [-0.4, -0.2) is 0 Å². The Balaban J connectivity index is 2.23. The molecule has 0 aliphatic heterocycles. The molecule has 1 atom stereocenters. The van der Waals surface area contributed by atoms with Gasteiger partial charge >= 0.3 is 6.18 Å². The summed E-state index contributed by atoms with van der Waals surface area (Å²) in [5.41, 5.74) is 0.182. The maximum Gasteiger partial charge on any atom is 0.416 e. The van der Waals surface area contributed by atoms with Crippen LogP contribution in [-0.2, 0) is 6.18 Å². The average Bonchev–Trinajstić information content (AvgIpc) is 2.40. The van der Waals surface area contributed by atoms with E-state index >= 15 is 0 Å². The maximum absolute atomic E-state index is 13.7. The second-order valence-electron chi connectivity index (χ2n) is 4.58. The number of halogens is 5. The maximum atomic E-state index is 13.7. The van der Waals surface area contributed by atoms with E-state index in [1.165, 1.54) is 12.1 Å². The Labute approximate surface area is 128 Å². The average molecular weight is 362 g/mol. The SMILES string of the molecule is CC(Nc1ccc(C(F)(F)F)cc1Br)c1ccccc1F. The predicted octanol–water partition coefficient (Wildman–Crippen LogP) is 5.78. The minimum Gasteiger partial charge on any atom is -0.377 e. The van der Waals surface area contributed by atoms with Gasteiger partial charge in [0.15, 0.2) is 0 Å². The van der Waals surface area contributed by atoms with Crippen molar-refractivity contribution in [2.75, 3.05) is 5.32 Å². The largest absolute Gasteiger partial charge is 0.416 e. The van der Waals surface area contributed by atoms with Crippen molar-refractivity contribution in [2.24, 2.45) is 0 Å². The Kier molecular flexibility index (Phi) is 4.56. The molecule has 6 heteroatoms. The van der Waals surface area contributed by atoms with E-state index in [0.717, 1.165) is 12.1 Å². The van der Waals surface area contributed by atoms with Gasteiger partial charge in [0.05, 0.1) is 11.6 Å². The smallest absolute Gasteiger partial charge is 0.377 e. The van der Waals surface area contributed by atoms with Gasteiger partial charge in [-0.15, -0.1) is 0 Å². The van der Waals surface area contributed by atoms with Gasteiger partial charge in [-0.25, -0.2) is 4.39 Å². The lowest BCUT2D eigenvalue weighted by Crippen LogP contribution is -2.10. The zero-order valence-electron chi connectivity index (χ0n) is 11.0. The number of alkyl halides is 3. The fourth-order valence-electron chi connectivity index (χ4n) is 1.95. The van der Waals surface area contributed by atoms with E-state index in [-0.39, 0.29) is 16.3 Å².